The number of nitrogens with zero attached hydrogens (tertiary/aromatic N) is 3. The van der Waals surface area contributed by atoms with E-state index in [0.29, 0.717) is 37.7 Å². The Kier molecular flexibility index (Phi) is 6.01. The lowest BCUT2D eigenvalue weighted by Crippen LogP contribution is -2.31. The Labute approximate surface area is 156 Å². The zero-order chi connectivity index (χ0) is 18.4. The highest BCUT2D eigenvalue weighted by molar-refractivity contribution is 7.13. The number of carbonyl (C=O) groups is 1. The topological polar surface area (TPSA) is 68.5 Å². The standard InChI is InChI=1S/C19H21N3O3S/c1-14-5-3-6-15(13-14)24-11-10-22(2)18(23)9-8-17-20-19(21-25-17)16-7-4-12-26-16/h3-7,12-13H,8-11H2,1-2H3. The predicted molar refractivity (Wildman–Crippen MR) is 100 cm³/mol. The van der Waals surface area contributed by atoms with Crippen LogP contribution >= 0.6 is 11.3 Å². The third-order valence-electron chi connectivity index (χ3n) is 3.87. The average Bonchev–Trinajstić information content (AvgIpc) is 3.31. The number of aromatic nitrogens is 2. The Hall–Kier alpha value is -2.67. The van der Waals surface area contributed by atoms with Crippen LogP contribution in [0.3, 0.4) is 0 Å². The van der Waals surface area contributed by atoms with E-state index in [9.17, 15) is 4.79 Å². The molecule has 0 saturated heterocycles. The molecule has 136 valence electrons. The summed E-state index contributed by atoms with van der Waals surface area (Å²) in [6.07, 6.45) is 0.757. The summed E-state index contributed by atoms with van der Waals surface area (Å²) in [5.41, 5.74) is 1.15. The molecule has 0 unspecified atom stereocenters. The molecule has 0 radical (unpaired) electrons. The fraction of sp³-hybridized carbons (Fsp3) is 0.316. The second-order valence-electron chi connectivity index (χ2n) is 5.97. The first kappa shape index (κ1) is 18.1. The summed E-state index contributed by atoms with van der Waals surface area (Å²) in [5, 5.41) is 5.91. The van der Waals surface area contributed by atoms with Crippen LogP contribution in [0, 0.1) is 6.92 Å². The van der Waals surface area contributed by atoms with Crippen molar-refractivity contribution in [3.05, 3.63) is 53.2 Å². The molecule has 6 nitrogen and oxygen atoms in total. The number of hydrogen-bond acceptors (Lipinski definition) is 6. The average molecular weight is 371 g/mol. The van der Waals surface area contributed by atoms with E-state index in [1.807, 2.05) is 48.7 Å². The fourth-order valence-corrected chi connectivity index (χ4v) is 3.05. The number of amides is 1. The maximum absolute atomic E-state index is 12.2. The Morgan fingerprint density at radius 2 is 2.19 bits per heavy atom. The van der Waals surface area contributed by atoms with E-state index in [0.717, 1.165) is 16.2 Å². The van der Waals surface area contributed by atoms with Gasteiger partial charge in [-0.2, -0.15) is 4.98 Å². The van der Waals surface area contributed by atoms with E-state index in [1.165, 1.54) is 0 Å². The molecule has 0 fully saturated rings. The Morgan fingerprint density at radius 3 is 2.96 bits per heavy atom. The minimum Gasteiger partial charge on any atom is -0.492 e. The van der Waals surface area contributed by atoms with Gasteiger partial charge in [-0.25, -0.2) is 0 Å². The van der Waals surface area contributed by atoms with Gasteiger partial charge in [-0.1, -0.05) is 23.4 Å². The lowest BCUT2D eigenvalue weighted by Gasteiger charge is -2.17. The van der Waals surface area contributed by atoms with Gasteiger partial charge in [-0.05, 0) is 36.1 Å². The van der Waals surface area contributed by atoms with Gasteiger partial charge in [-0.15, -0.1) is 11.3 Å². The van der Waals surface area contributed by atoms with Crippen molar-refractivity contribution in [3.63, 3.8) is 0 Å². The van der Waals surface area contributed by atoms with Crippen molar-refractivity contribution >= 4 is 17.2 Å². The summed E-state index contributed by atoms with van der Waals surface area (Å²) < 4.78 is 10.9. The molecule has 3 rings (SSSR count). The van der Waals surface area contributed by atoms with Gasteiger partial charge in [0, 0.05) is 19.9 Å². The van der Waals surface area contributed by atoms with E-state index < -0.39 is 0 Å². The van der Waals surface area contributed by atoms with Crippen LogP contribution in [0.15, 0.2) is 46.3 Å². The number of benzene rings is 1. The van der Waals surface area contributed by atoms with Crippen LogP contribution in [0.2, 0.25) is 0 Å². The third kappa shape index (κ3) is 4.92. The highest BCUT2D eigenvalue weighted by Crippen LogP contribution is 2.21. The monoisotopic (exact) mass is 371 g/mol. The number of thiophene rings is 1. The summed E-state index contributed by atoms with van der Waals surface area (Å²) in [6.45, 7) is 3.00. The van der Waals surface area contributed by atoms with Crippen molar-refractivity contribution in [1.29, 1.82) is 0 Å². The molecule has 0 atom stereocenters. The van der Waals surface area contributed by atoms with Crippen LogP contribution in [0.4, 0.5) is 0 Å². The zero-order valence-corrected chi connectivity index (χ0v) is 15.7. The smallest absolute Gasteiger partial charge is 0.227 e. The number of aryl methyl sites for hydroxylation is 2. The SMILES string of the molecule is Cc1cccc(OCCN(C)C(=O)CCc2nc(-c3cccs3)no2)c1. The second kappa shape index (κ2) is 8.62. The van der Waals surface area contributed by atoms with Crippen LogP contribution in [0.25, 0.3) is 10.7 Å². The van der Waals surface area contributed by atoms with Gasteiger partial charge in [-0.3, -0.25) is 4.79 Å². The van der Waals surface area contributed by atoms with Crippen molar-refractivity contribution in [2.24, 2.45) is 0 Å². The number of rotatable bonds is 8. The number of ether oxygens (including phenoxy) is 1. The van der Waals surface area contributed by atoms with Crippen LogP contribution < -0.4 is 4.74 Å². The van der Waals surface area contributed by atoms with Gasteiger partial charge in [0.2, 0.25) is 17.6 Å². The van der Waals surface area contributed by atoms with Gasteiger partial charge in [0.05, 0.1) is 11.4 Å². The van der Waals surface area contributed by atoms with Gasteiger partial charge in [0.25, 0.3) is 0 Å². The first-order chi connectivity index (χ1) is 12.6. The summed E-state index contributed by atoms with van der Waals surface area (Å²) >= 11 is 1.55. The normalized spacial score (nSPS) is 10.7. The molecule has 0 spiro atoms. The van der Waals surface area contributed by atoms with Crippen LogP contribution in [-0.2, 0) is 11.2 Å². The molecule has 0 aliphatic carbocycles. The molecule has 2 aromatic heterocycles. The second-order valence-corrected chi connectivity index (χ2v) is 6.92. The van der Waals surface area contributed by atoms with Gasteiger partial charge in [0.1, 0.15) is 12.4 Å². The van der Waals surface area contributed by atoms with Crippen molar-refractivity contribution < 1.29 is 14.1 Å². The molecular formula is C19H21N3O3S. The molecule has 7 heteroatoms. The van der Waals surface area contributed by atoms with E-state index in [-0.39, 0.29) is 5.91 Å². The third-order valence-corrected chi connectivity index (χ3v) is 4.74. The van der Waals surface area contributed by atoms with Crippen LogP contribution in [-0.4, -0.2) is 41.1 Å². The molecule has 1 aromatic carbocycles. The van der Waals surface area contributed by atoms with E-state index in [2.05, 4.69) is 10.1 Å². The summed E-state index contributed by atoms with van der Waals surface area (Å²) in [6, 6.07) is 11.7. The summed E-state index contributed by atoms with van der Waals surface area (Å²) in [7, 11) is 1.77. The molecule has 0 saturated carbocycles. The minimum atomic E-state index is 0.0220. The van der Waals surface area contributed by atoms with E-state index >= 15 is 0 Å². The Bertz CT molecular complexity index is 845. The molecule has 2 heterocycles. The Morgan fingerprint density at radius 1 is 1.31 bits per heavy atom. The molecular weight excluding hydrogens is 350 g/mol. The summed E-state index contributed by atoms with van der Waals surface area (Å²) in [5.74, 6) is 1.89. The molecule has 1 amide bonds. The van der Waals surface area contributed by atoms with E-state index in [1.54, 1.807) is 23.3 Å². The van der Waals surface area contributed by atoms with Crippen molar-refractivity contribution in [2.45, 2.75) is 19.8 Å². The predicted octanol–water partition coefficient (Wildman–Crippen LogP) is 3.58. The molecule has 0 aliphatic rings. The van der Waals surface area contributed by atoms with Crippen molar-refractivity contribution in [3.8, 4) is 16.5 Å². The van der Waals surface area contributed by atoms with Crippen LogP contribution in [0.1, 0.15) is 17.9 Å². The lowest BCUT2D eigenvalue weighted by atomic mass is 10.2. The molecule has 0 bridgehead atoms. The lowest BCUT2D eigenvalue weighted by molar-refractivity contribution is -0.130. The maximum atomic E-state index is 12.2. The zero-order valence-electron chi connectivity index (χ0n) is 14.8. The number of carbonyl (C=O) groups excluding carboxylic acids is 1. The van der Waals surface area contributed by atoms with Crippen LogP contribution in [0.5, 0.6) is 5.75 Å². The minimum absolute atomic E-state index is 0.0220. The van der Waals surface area contributed by atoms with Gasteiger partial charge < -0.3 is 14.2 Å². The van der Waals surface area contributed by atoms with Crippen molar-refractivity contribution in [2.75, 3.05) is 20.2 Å². The highest BCUT2D eigenvalue weighted by Gasteiger charge is 2.13. The van der Waals surface area contributed by atoms with Crippen molar-refractivity contribution in [1.82, 2.24) is 15.0 Å². The van der Waals surface area contributed by atoms with E-state index in [4.69, 9.17) is 9.26 Å². The molecule has 0 N–H and O–H groups in total. The Balaban J connectivity index is 1.41. The van der Waals surface area contributed by atoms with Gasteiger partial charge in [0.15, 0.2) is 0 Å². The molecule has 0 aliphatic heterocycles. The fourth-order valence-electron chi connectivity index (χ4n) is 2.40. The number of likely N-dealkylation sites (N-methyl/N-ethyl adjacent to an activating group) is 1. The number of hydrogen-bond donors (Lipinski definition) is 0. The quantitative estimate of drug-likeness (QED) is 0.605. The highest BCUT2D eigenvalue weighted by atomic mass is 32.1. The molecule has 3 aromatic rings. The first-order valence-corrected chi connectivity index (χ1v) is 9.29. The first-order valence-electron chi connectivity index (χ1n) is 8.42. The molecule has 26 heavy (non-hydrogen) atoms. The summed E-state index contributed by atoms with van der Waals surface area (Å²) in [4.78, 5) is 19.2. The largest absolute Gasteiger partial charge is 0.492 e. The maximum Gasteiger partial charge on any atom is 0.227 e. The van der Waals surface area contributed by atoms with Gasteiger partial charge >= 0.3 is 0 Å².